The molecule has 0 bridgehead atoms. The van der Waals surface area contributed by atoms with Crippen LogP contribution in [0, 0.1) is 0 Å². The molecule has 0 aromatic heterocycles. The van der Waals surface area contributed by atoms with Gasteiger partial charge in [-0.25, -0.2) is 0 Å². The van der Waals surface area contributed by atoms with Crippen molar-refractivity contribution in [1.29, 1.82) is 0 Å². The molecule has 0 N–H and O–H groups in total. The lowest BCUT2D eigenvalue weighted by atomic mass is 10.0. The summed E-state index contributed by atoms with van der Waals surface area (Å²) < 4.78 is 10.8. The lowest BCUT2D eigenvalue weighted by Crippen LogP contribution is -2.30. The fourth-order valence-electron chi connectivity index (χ4n) is 2.31. The predicted octanol–water partition coefficient (Wildman–Crippen LogP) is 3.86. The summed E-state index contributed by atoms with van der Waals surface area (Å²) in [5, 5.41) is 0. The van der Waals surface area contributed by atoms with Crippen molar-refractivity contribution in [2.45, 2.75) is 26.3 Å². The summed E-state index contributed by atoms with van der Waals surface area (Å²) >= 11 is 0. The van der Waals surface area contributed by atoms with Gasteiger partial charge >= 0.3 is 0 Å². The number of hydrogen-bond donors (Lipinski definition) is 0. The molecular formula is C20H25NO3. The van der Waals surface area contributed by atoms with Crippen molar-refractivity contribution in [2.75, 3.05) is 20.8 Å². The van der Waals surface area contributed by atoms with Gasteiger partial charge in [0.15, 0.2) is 6.61 Å². The second-order valence-corrected chi connectivity index (χ2v) is 6.11. The molecule has 0 saturated carbocycles. The first-order chi connectivity index (χ1) is 11.5. The second kappa shape index (κ2) is 8.39. The first-order valence-corrected chi connectivity index (χ1v) is 8.09. The van der Waals surface area contributed by atoms with Gasteiger partial charge in [0.05, 0.1) is 7.11 Å². The maximum absolute atomic E-state index is 12.2. The summed E-state index contributed by atoms with van der Waals surface area (Å²) in [5.74, 6) is 1.91. The van der Waals surface area contributed by atoms with E-state index in [1.165, 1.54) is 5.56 Å². The number of ether oxygens (including phenoxy) is 2. The molecule has 0 aliphatic heterocycles. The Kier molecular flexibility index (Phi) is 6.24. The highest BCUT2D eigenvalue weighted by Crippen LogP contribution is 2.20. The Morgan fingerprint density at radius 1 is 1.08 bits per heavy atom. The molecule has 0 fully saturated rings. The molecule has 2 aromatic carbocycles. The van der Waals surface area contributed by atoms with Crippen molar-refractivity contribution in [3.63, 3.8) is 0 Å². The van der Waals surface area contributed by atoms with Gasteiger partial charge in [-0.05, 0) is 41.3 Å². The Hall–Kier alpha value is -2.49. The third kappa shape index (κ3) is 5.01. The van der Waals surface area contributed by atoms with E-state index < -0.39 is 0 Å². The Balaban J connectivity index is 1.88. The predicted molar refractivity (Wildman–Crippen MR) is 95.5 cm³/mol. The van der Waals surface area contributed by atoms with Gasteiger partial charge in [-0.1, -0.05) is 38.1 Å². The van der Waals surface area contributed by atoms with Crippen LogP contribution in [-0.4, -0.2) is 31.6 Å². The van der Waals surface area contributed by atoms with Gasteiger partial charge in [0, 0.05) is 13.6 Å². The van der Waals surface area contributed by atoms with Crippen molar-refractivity contribution < 1.29 is 14.3 Å². The van der Waals surface area contributed by atoms with Crippen LogP contribution in [0.4, 0.5) is 0 Å². The third-order valence-corrected chi connectivity index (χ3v) is 3.89. The molecule has 4 nitrogen and oxygen atoms in total. The van der Waals surface area contributed by atoms with Crippen molar-refractivity contribution in [3.05, 3.63) is 59.7 Å². The van der Waals surface area contributed by atoms with E-state index >= 15 is 0 Å². The molecule has 4 heteroatoms. The Bertz CT molecular complexity index is 665. The number of nitrogens with zero attached hydrogens (tertiary/aromatic N) is 1. The van der Waals surface area contributed by atoms with E-state index in [2.05, 4.69) is 19.9 Å². The molecule has 0 aliphatic rings. The lowest BCUT2D eigenvalue weighted by Gasteiger charge is -2.18. The maximum atomic E-state index is 12.2. The highest BCUT2D eigenvalue weighted by Gasteiger charge is 2.11. The number of carbonyl (C=O) groups excluding carboxylic acids is 1. The van der Waals surface area contributed by atoms with Crippen LogP contribution in [0.1, 0.15) is 30.9 Å². The average Bonchev–Trinajstić information content (AvgIpc) is 2.60. The fourth-order valence-corrected chi connectivity index (χ4v) is 2.31. The highest BCUT2D eigenvalue weighted by atomic mass is 16.5. The standard InChI is InChI=1S/C20H25NO3/c1-15(2)17-6-5-7-19(12-17)24-14-20(22)21(3)13-16-8-10-18(23-4)11-9-16/h5-12,15H,13-14H2,1-4H3. The molecule has 0 heterocycles. The molecular weight excluding hydrogens is 302 g/mol. The number of rotatable bonds is 7. The summed E-state index contributed by atoms with van der Waals surface area (Å²) in [4.78, 5) is 13.9. The van der Waals surface area contributed by atoms with E-state index in [0.717, 1.165) is 17.1 Å². The van der Waals surface area contributed by atoms with Crippen LogP contribution >= 0.6 is 0 Å². The van der Waals surface area contributed by atoms with Gasteiger partial charge in [-0.15, -0.1) is 0 Å². The minimum Gasteiger partial charge on any atom is -0.497 e. The van der Waals surface area contributed by atoms with Gasteiger partial charge in [-0.2, -0.15) is 0 Å². The van der Waals surface area contributed by atoms with Crippen LogP contribution < -0.4 is 9.47 Å². The number of amides is 1. The Morgan fingerprint density at radius 2 is 1.79 bits per heavy atom. The topological polar surface area (TPSA) is 38.8 Å². The van der Waals surface area contributed by atoms with E-state index in [1.54, 1.807) is 19.1 Å². The highest BCUT2D eigenvalue weighted by molar-refractivity contribution is 5.77. The SMILES string of the molecule is COc1ccc(CN(C)C(=O)COc2cccc(C(C)C)c2)cc1. The Morgan fingerprint density at radius 3 is 2.42 bits per heavy atom. The molecule has 24 heavy (non-hydrogen) atoms. The largest absolute Gasteiger partial charge is 0.497 e. The van der Waals surface area contributed by atoms with E-state index in [1.807, 2.05) is 42.5 Å². The molecule has 0 spiro atoms. The first kappa shape index (κ1) is 17.9. The molecule has 128 valence electrons. The minimum atomic E-state index is -0.0548. The minimum absolute atomic E-state index is 0.0359. The van der Waals surface area contributed by atoms with E-state index in [0.29, 0.717) is 12.5 Å². The van der Waals surface area contributed by atoms with Gasteiger partial charge in [0.2, 0.25) is 0 Å². The number of benzene rings is 2. The summed E-state index contributed by atoms with van der Waals surface area (Å²) in [6.45, 7) is 4.84. The van der Waals surface area contributed by atoms with Crippen molar-refractivity contribution in [2.24, 2.45) is 0 Å². The van der Waals surface area contributed by atoms with E-state index in [-0.39, 0.29) is 12.5 Å². The van der Waals surface area contributed by atoms with Crippen LogP contribution in [0.15, 0.2) is 48.5 Å². The molecule has 0 atom stereocenters. The first-order valence-electron chi connectivity index (χ1n) is 8.09. The molecule has 1 amide bonds. The molecule has 2 aromatic rings. The lowest BCUT2D eigenvalue weighted by molar-refractivity contribution is -0.132. The number of likely N-dealkylation sites (N-methyl/N-ethyl adjacent to an activating group) is 1. The normalized spacial score (nSPS) is 10.5. The Labute approximate surface area is 144 Å². The van der Waals surface area contributed by atoms with Crippen molar-refractivity contribution in [3.8, 4) is 11.5 Å². The third-order valence-electron chi connectivity index (χ3n) is 3.89. The van der Waals surface area contributed by atoms with Crippen LogP contribution in [0.3, 0.4) is 0 Å². The number of methoxy groups -OCH3 is 1. The number of hydrogen-bond acceptors (Lipinski definition) is 3. The zero-order chi connectivity index (χ0) is 17.5. The van der Waals surface area contributed by atoms with Crippen LogP contribution in [-0.2, 0) is 11.3 Å². The zero-order valence-corrected chi connectivity index (χ0v) is 14.8. The second-order valence-electron chi connectivity index (χ2n) is 6.11. The van der Waals surface area contributed by atoms with Crippen molar-refractivity contribution in [1.82, 2.24) is 4.90 Å². The molecule has 0 aliphatic carbocycles. The molecule has 0 saturated heterocycles. The molecule has 0 radical (unpaired) electrons. The van der Waals surface area contributed by atoms with Gasteiger partial charge in [0.25, 0.3) is 5.91 Å². The summed E-state index contributed by atoms with van der Waals surface area (Å²) in [5.41, 5.74) is 2.25. The summed E-state index contributed by atoms with van der Waals surface area (Å²) in [6, 6.07) is 15.6. The molecule has 0 unspecified atom stereocenters. The van der Waals surface area contributed by atoms with E-state index in [9.17, 15) is 4.79 Å². The molecule has 2 rings (SSSR count). The van der Waals surface area contributed by atoms with Crippen LogP contribution in [0.25, 0.3) is 0 Å². The van der Waals surface area contributed by atoms with Crippen LogP contribution in [0.5, 0.6) is 11.5 Å². The number of carbonyl (C=O) groups is 1. The van der Waals surface area contributed by atoms with Gasteiger partial charge < -0.3 is 14.4 Å². The fraction of sp³-hybridized carbons (Fsp3) is 0.350. The van der Waals surface area contributed by atoms with Gasteiger partial charge in [-0.3, -0.25) is 4.79 Å². The summed E-state index contributed by atoms with van der Waals surface area (Å²) in [6.07, 6.45) is 0. The van der Waals surface area contributed by atoms with Crippen LogP contribution in [0.2, 0.25) is 0 Å². The summed E-state index contributed by atoms with van der Waals surface area (Å²) in [7, 11) is 3.41. The smallest absolute Gasteiger partial charge is 0.260 e. The zero-order valence-electron chi connectivity index (χ0n) is 14.8. The van der Waals surface area contributed by atoms with E-state index in [4.69, 9.17) is 9.47 Å². The average molecular weight is 327 g/mol. The van der Waals surface area contributed by atoms with Gasteiger partial charge in [0.1, 0.15) is 11.5 Å². The van der Waals surface area contributed by atoms with Crippen molar-refractivity contribution >= 4 is 5.91 Å². The maximum Gasteiger partial charge on any atom is 0.260 e. The quantitative estimate of drug-likeness (QED) is 0.775. The monoisotopic (exact) mass is 327 g/mol.